The molecule has 0 radical (unpaired) electrons. The number of carboxylic acids is 4. The van der Waals surface area contributed by atoms with E-state index < -0.39 is 30.0 Å². The third-order valence-electron chi connectivity index (χ3n) is 1.12. The van der Waals surface area contributed by atoms with Gasteiger partial charge in [0.05, 0.1) is 0 Å². The first-order chi connectivity index (χ1) is 10.8. The van der Waals surface area contributed by atoms with Crippen LogP contribution in [-0.2, 0) is 24.0 Å². The van der Waals surface area contributed by atoms with Crippen molar-refractivity contribution in [2.24, 2.45) is 0 Å². The van der Waals surface area contributed by atoms with Gasteiger partial charge in [-0.15, -0.1) is 0 Å². The Morgan fingerprint density at radius 2 is 1.17 bits per heavy atom. The van der Waals surface area contributed by atoms with E-state index in [1.807, 2.05) is 6.92 Å². The van der Waals surface area contributed by atoms with Crippen molar-refractivity contribution < 1.29 is 54.6 Å². The van der Waals surface area contributed by atoms with Gasteiger partial charge in [0.2, 0.25) is 0 Å². The molecule has 24 heavy (non-hydrogen) atoms. The number of aliphatic hydroxyl groups excluding tert-OH is 1. The first-order valence-corrected chi connectivity index (χ1v) is 6.45. The summed E-state index contributed by atoms with van der Waals surface area (Å²) in [4.78, 5) is 45.8. The molecule has 0 fully saturated rings. The summed E-state index contributed by atoms with van der Waals surface area (Å²) in [6.45, 7) is 5.47. The molecule has 0 aliphatic rings. The Kier molecular flexibility index (Phi) is 39.2. The molecular weight excluding hydrogens is 332 g/mol. The molecule has 0 saturated heterocycles. The Balaban J connectivity index is -0.0000000641. The predicted molar refractivity (Wildman–Crippen MR) is 81.8 cm³/mol. The molecule has 0 aromatic carbocycles. The third-order valence-corrected chi connectivity index (χ3v) is 1.12. The van der Waals surface area contributed by atoms with Crippen molar-refractivity contribution in [1.82, 2.24) is 0 Å². The Bertz CT molecular complexity index is 333. The second-order valence-corrected chi connectivity index (χ2v) is 3.53. The second kappa shape index (κ2) is 28.5. The average Bonchev–Trinajstić information content (AvgIpc) is 2.39. The van der Waals surface area contributed by atoms with Crippen molar-refractivity contribution >= 4 is 30.3 Å². The number of hydrogen-bond acceptors (Lipinski definition) is 6. The van der Waals surface area contributed by atoms with Gasteiger partial charge in [-0.25, -0.2) is 4.79 Å². The molecule has 0 saturated carbocycles. The minimum atomic E-state index is -1.23. The SMILES string of the molecule is CC(=O)O.CC(O)C(=O)O.CCC(=O)O.CCCC(=O)O.O=CO. The van der Waals surface area contributed by atoms with Crippen molar-refractivity contribution in [3.05, 3.63) is 0 Å². The van der Waals surface area contributed by atoms with Gasteiger partial charge in [-0.2, -0.15) is 0 Å². The molecule has 0 aromatic rings. The second-order valence-electron chi connectivity index (χ2n) is 3.53. The number of carbonyl (C=O) groups is 5. The molecule has 0 aromatic heterocycles. The highest BCUT2D eigenvalue weighted by molar-refractivity contribution is 5.71. The topological polar surface area (TPSA) is 207 Å². The summed E-state index contributed by atoms with van der Waals surface area (Å²) in [6, 6.07) is 0. The van der Waals surface area contributed by atoms with Crippen LogP contribution in [0.3, 0.4) is 0 Å². The van der Waals surface area contributed by atoms with Gasteiger partial charge in [-0.3, -0.25) is 19.2 Å². The van der Waals surface area contributed by atoms with E-state index in [1.54, 1.807) is 6.92 Å². The lowest BCUT2D eigenvalue weighted by molar-refractivity contribution is -0.145. The van der Waals surface area contributed by atoms with E-state index >= 15 is 0 Å². The van der Waals surface area contributed by atoms with Crippen LogP contribution in [0, 0.1) is 0 Å². The average molecular weight is 358 g/mol. The highest BCUT2D eigenvalue weighted by atomic mass is 16.4. The summed E-state index contributed by atoms with van der Waals surface area (Å²) in [6.07, 6.45) is 0.0139. The maximum Gasteiger partial charge on any atom is 0.332 e. The summed E-state index contributed by atoms with van der Waals surface area (Å²) >= 11 is 0. The third kappa shape index (κ3) is 163. The smallest absolute Gasteiger partial charge is 0.332 e. The Labute approximate surface area is 139 Å². The molecule has 0 aliphatic carbocycles. The molecule has 1 unspecified atom stereocenters. The molecule has 6 N–H and O–H groups in total. The van der Waals surface area contributed by atoms with Crippen LogP contribution in [0.2, 0.25) is 0 Å². The summed E-state index contributed by atoms with van der Waals surface area (Å²) < 4.78 is 0. The molecule has 0 aliphatic heterocycles. The quantitative estimate of drug-likeness (QED) is 0.383. The zero-order valence-electron chi connectivity index (χ0n) is 14.0. The number of hydrogen-bond donors (Lipinski definition) is 6. The molecule has 0 heterocycles. The first-order valence-electron chi connectivity index (χ1n) is 6.45. The summed E-state index contributed by atoms with van der Waals surface area (Å²) in [5, 5.41) is 45.7. The molecule has 0 bridgehead atoms. The lowest BCUT2D eigenvalue weighted by atomic mass is 10.4. The highest BCUT2D eigenvalue weighted by Crippen LogP contribution is 1.82. The summed E-state index contributed by atoms with van der Waals surface area (Å²) in [5.74, 6) is -3.47. The summed E-state index contributed by atoms with van der Waals surface area (Å²) in [5.41, 5.74) is 0. The van der Waals surface area contributed by atoms with Gasteiger partial charge in [0.25, 0.3) is 12.4 Å². The molecule has 11 nitrogen and oxygen atoms in total. The fraction of sp³-hybridized carbons (Fsp3) is 0.615. The highest BCUT2D eigenvalue weighted by Gasteiger charge is 2.01. The van der Waals surface area contributed by atoms with Crippen molar-refractivity contribution in [2.45, 2.75) is 53.1 Å². The van der Waals surface area contributed by atoms with Crippen LogP contribution in [0.15, 0.2) is 0 Å². The number of aliphatic hydroxyl groups is 1. The maximum atomic E-state index is 9.60. The molecule has 144 valence electrons. The van der Waals surface area contributed by atoms with Crippen LogP contribution in [0.5, 0.6) is 0 Å². The van der Waals surface area contributed by atoms with Gasteiger partial charge in [0.1, 0.15) is 6.10 Å². The molecule has 1 atom stereocenters. The number of carboxylic acid groups (broad SMARTS) is 5. The number of rotatable bonds is 4. The lowest BCUT2D eigenvalue weighted by Crippen LogP contribution is -2.13. The summed E-state index contributed by atoms with van der Waals surface area (Å²) in [7, 11) is 0. The van der Waals surface area contributed by atoms with Crippen LogP contribution in [-0.4, -0.2) is 67.1 Å². The van der Waals surface area contributed by atoms with E-state index in [-0.39, 0.29) is 12.9 Å². The number of aliphatic carboxylic acids is 4. The Morgan fingerprint density at radius 3 is 1.17 bits per heavy atom. The van der Waals surface area contributed by atoms with Gasteiger partial charge < -0.3 is 30.6 Å². The van der Waals surface area contributed by atoms with Crippen LogP contribution in [0.4, 0.5) is 0 Å². The van der Waals surface area contributed by atoms with Crippen LogP contribution >= 0.6 is 0 Å². The van der Waals surface area contributed by atoms with Gasteiger partial charge in [0.15, 0.2) is 0 Å². The fourth-order valence-electron chi connectivity index (χ4n) is 0.214. The lowest BCUT2D eigenvalue weighted by Gasteiger charge is -1.89. The maximum absolute atomic E-state index is 9.60. The Morgan fingerprint density at radius 1 is 0.958 bits per heavy atom. The van der Waals surface area contributed by atoms with Crippen molar-refractivity contribution in [1.29, 1.82) is 0 Å². The van der Waals surface area contributed by atoms with E-state index in [9.17, 15) is 14.4 Å². The van der Waals surface area contributed by atoms with E-state index in [4.69, 9.17) is 40.2 Å². The van der Waals surface area contributed by atoms with E-state index in [2.05, 4.69) is 0 Å². The van der Waals surface area contributed by atoms with Crippen molar-refractivity contribution in [3.8, 4) is 0 Å². The Hall–Kier alpha value is -2.69. The van der Waals surface area contributed by atoms with Gasteiger partial charge in [-0.05, 0) is 13.3 Å². The standard InChI is InChI=1S/C4H8O2.C3H6O3.C3H6O2.C2H4O2.CH2O2/c1-2-3-4(5)6;1-2(4)3(5)6;1-2-3(4)5;1-2(3)4;2-1-3/h2-3H2,1H3,(H,5,6);2,4H,1H3,(H,5,6);2H2,1H3,(H,4,5);1H3,(H,3,4);1H,(H,2,3). The van der Waals surface area contributed by atoms with E-state index in [0.29, 0.717) is 6.42 Å². The zero-order chi connectivity index (χ0) is 20.7. The van der Waals surface area contributed by atoms with Crippen molar-refractivity contribution in [3.63, 3.8) is 0 Å². The minimum absolute atomic E-state index is 0.222. The molecule has 11 heteroatoms. The van der Waals surface area contributed by atoms with Crippen molar-refractivity contribution in [2.75, 3.05) is 0 Å². The van der Waals surface area contributed by atoms with Gasteiger partial charge >= 0.3 is 17.9 Å². The molecule has 0 spiro atoms. The molecule has 0 amide bonds. The first kappa shape index (κ1) is 33.0. The van der Waals surface area contributed by atoms with Crippen LogP contribution < -0.4 is 0 Å². The molecule has 0 rings (SSSR count). The van der Waals surface area contributed by atoms with Gasteiger partial charge in [-0.1, -0.05) is 13.8 Å². The minimum Gasteiger partial charge on any atom is -0.483 e. The van der Waals surface area contributed by atoms with Crippen LogP contribution in [0.25, 0.3) is 0 Å². The zero-order valence-corrected chi connectivity index (χ0v) is 14.0. The largest absolute Gasteiger partial charge is 0.483 e. The fourth-order valence-corrected chi connectivity index (χ4v) is 0.214. The van der Waals surface area contributed by atoms with E-state index in [0.717, 1.165) is 13.3 Å². The van der Waals surface area contributed by atoms with Crippen LogP contribution in [0.1, 0.15) is 47.0 Å². The monoisotopic (exact) mass is 358 g/mol. The van der Waals surface area contributed by atoms with Gasteiger partial charge in [0, 0.05) is 19.8 Å². The van der Waals surface area contributed by atoms with E-state index in [1.165, 1.54) is 6.92 Å². The molecular formula is C13H26O11. The predicted octanol–water partition coefficient (Wildman–Crippen LogP) is 0.596. The normalized spacial score (nSPS) is 8.54.